The van der Waals surface area contributed by atoms with Gasteiger partial charge >= 0.3 is 5.97 Å². The van der Waals surface area contributed by atoms with Crippen molar-refractivity contribution in [2.45, 2.75) is 264 Å². The van der Waals surface area contributed by atoms with Crippen molar-refractivity contribution in [1.82, 2.24) is 0 Å². The van der Waals surface area contributed by atoms with Gasteiger partial charge < -0.3 is 14.9 Å². The van der Waals surface area contributed by atoms with Gasteiger partial charge in [-0.2, -0.15) is 0 Å². The van der Waals surface area contributed by atoms with Crippen LogP contribution in [0.1, 0.15) is 258 Å². The molecule has 2 atom stereocenters. The maximum atomic E-state index is 13.1. The van der Waals surface area contributed by atoms with Gasteiger partial charge in [0.2, 0.25) is 0 Å². The predicted molar refractivity (Wildman–Crippen MR) is 270 cm³/mol. The average Bonchev–Trinajstić information content (AvgIpc) is 3.28. The first-order valence-electron chi connectivity index (χ1n) is 26.7. The van der Waals surface area contributed by atoms with E-state index in [2.05, 4.69) is 74.6 Å². The molecule has 0 radical (unpaired) electrons. The van der Waals surface area contributed by atoms with E-state index in [1.807, 2.05) is 0 Å². The Balaban J connectivity index is 3.89. The summed E-state index contributed by atoms with van der Waals surface area (Å²) in [5.41, 5.74) is 0. The molecule has 0 saturated heterocycles. The lowest BCUT2D eigenvalue weighted by atomic mass is 9.93. The fourth-order valence-corrected chi connectivity index (χ4v) is 7.78. The molecular formula is C57H100O6. The van der Waals surface area contributed by atoms with E-state index in [4.69, 9.17) is 9.84 Å². The maximum Gasteiger partial charge on any atom is 0.316 e. The summed E-state index contributed by atoms with van der Waals surface area (Å²) in [4.78, 5) is 38.2. The third-order valence-electron chi connectivity index (χ3n) is 11.9. The van der Waals surface area contributed by atoms with Gasteiger partial charge in [-0.05, 0) is 116 Å². The van der Waals surface area contributed by atoms with E-state index in [-0.39, 0.29) is 12.4 Å². The Hall–Kier alpha value is -2.57. The Morgan fingerprint density at radius 3 is 1.16 bits per heavy atom. The molecule has 0 aliphatic rings. The van der Waals surface area contributed by atoms with E-state index in [9.17, 15) is 19.5 Å². The third-order valence-corrected chi connectivity index (χ3v) is 11.9. The summed E-state index contributed by atoms with van der Waals surface area (Å²) in [7, 11) is 0. The summed E-state index contributed by atoms with van der Waals surface area (Å²) >= 11 is 0. The second kappa shape index (κ2) is 50.4. The highest BCUT2D eigenvalue weighted by molar-refractivity contribution is 5.98. The second-order valence-electron chi connectivity index (χ2n) is 18.1. The molecule has 6 nitrogen and oxygen atoms in total. The molecule has 0 spiro atoms. The van der Waals surface area contributed by atoms with Crippen LogP contribution in [0.5, 0.6) is 0 Å². The Morgan fingerprint density at radius 1 is 0.429 bits per heavy atom. The second-order valence-corrected chi connectivity index (χ2v) is 18.1. The number of ether oxygens (including phenoxy) is 1. The van der Waals surface area contributed by atoms with E-state index in [0.29, 0.717) is 18.6 Å². The molecule has 6 heteroatoms. The number of aliphatic hydroxyl groups excluding tert-OH is 2. The van der Waals surface area contributed by atoms with Gasteiger partial charge in [-0.25, -0.2) is 0 Å². The van der Waals surface area contributed by atoms with Crippen LogP contribution in [-0.2, 0) is 19.1 Å². The monoisotopic (exact) mass is 881 g/mol. The van der Waals surface area contributed by atoms with Gasteiger partial charge in [0.15, 0.2) is 0 Å². The predicted octanol–water partition coefficient (Wildman–Crippen LogP) is 16.3. The number of rotatable bonds is 49. The first kappa shape index (κ1) is 60.4. The normalized spacial score (nSPS) is 13.1. The zero-order valence-corrected chi connectivity index (χ0v) is 41.2. The fraction of sp³-hybridized carbons (Fsp3) is 0.772. The van der Waals surface area contributed by atoms with Crippen molar-refractivity contribution in [3.63, 3.8) is 0 Å². The first-order chi connectivity index (χ1) is 31.0. The van der Waals surface area contributed by atoms with Crippen molar-refractivity contribution in [1.29, 1.82) is 0 Å². The number of Topliss-reactive ketones (excluding diaryl/α,β-unsaturated/α-hetero) is 2. The van der Waals surface area contributed by atoms with E-state index >= 15 is 0 Å². The largest absolute Gasteiger partial charge is 0.462 e. The molecule has 0 aromatic rings. The lowest BCUT2D eigenvalue weighted by Gasteiger charge is -2.16. The van der Waals surface area contributed by atoms with Gasteiger partial charge in [-0.15, -0.1) is 0 Å². The minimum Gasteiger partial charge on any atom is -0.462 e. The van der Waals surface area contributed by atoms with Gasteiger partial charge in [0.1, 0.15) is 30.2 Å². The zero-order chi connectivity index (χ0) is 45.9. The minimum atomic E-state index is -1.12. The number of aliphatic hydroxyl groups is 2. The third kappa shape index (κ3) is 45.8. The van der Waals surface area contributed by atoms with Crippen LogP contribution in [0.15, 0.2) is 60.8 Å². The van der Waals surface area contributed by atoms with E-state index < -0.39 is 24.6 Å². The summed E-state index contributed by atoms with van der Waals surface area (Å²) < 4.78 is 5.23. The molecule has 2 unspecified atom stereocenters. The average molecular weight is 881 g/mol. The molecule has 0 fully saturated rings. The van der Waals surface area contributed by atoms with E-state index in [1.165, 1.54) is 116 Å². The standard InChI is InChI=1S/C57H100O6/c1-3-5-7-9-11-13-15-17-19-23-27-31-35-39-43-47-53(59)48-44-40-36-32-28-24-21-22-25-29-33-37-41-45-49-55(57(62)63-52-54(60)51-58)56(61)50-46-42-38-34-30-26-20-18-16-14-12-10-8-6-4-2/h11-14,17-20,22,25,54-55,58,60H,3-10,15-16,21,23-24,26-52H2,1-2H3. The molecule has 2 N–H and O–H groups in total. The van der Waals surface area contributed by atoms with Crippen molar-refractivity contribution in [2.24, 2.45) is 5.92 Å². The number of hydrogen-bond acceptors (Lipinski definition) is 6. The van der Waals surface area contributed by atoms with Gasteiger partial charge in [0, 0.05) is 19.3 Å². The number of ketones is 2. The van der Waals surface area contributed by atoms with Crippen LogP contribution < -0.4 is 0 Å². The van der Waals surface area contributed by atoms with E-state index in [1.54, 1.807) is 0 Å². The van der Waals surface area contributed by atoms with Crippen LogP contribution in [0.25, 0.3) is 0 Å². The van der Waals surface area contributed by atoms with Crippen molar-refractivity contribution in [2.75, 3.05) is 13.2 Å². The molecule has 0 aliphatic carbocycles. The lowest BCUT2D eigenvalue weighted by Crippen LogP contribution is -2.30. The Kier molecular flexibility index (Phi) is 48.4. The summed E-state index contributed by atoms with van der Waals surface area (Å²) in [5.74, 6) is -0.943. The quantitative estimate of drug-likeness (QED) is 0.0273. The molecule has 0 aliphatic heterocycles. The number of esters is 1. The van der Waals surface area contributed by atoms with Crippen LogP contribution in [0.2, 0.25) is 0 Å². The Morgan fingerprint density at radius 2 is 0.762 bits per heavy atom. The molecule has 364 valence electrons. The number of carbonyl (C=O) groups is 3. The minimum absolute atomic E-state index is 0.0552. The summed E-state index contributed by atoms with van der Waals surface area (Å²) in [5, 5.41) is 18.8. The number of allylic oxidation sites excluding steroid dienone is 10. The molecule has 0 amide bonds. The Bertz CT molecular complexity index is 1170. The smallest absolute Gasteiger partial charge is 0.316 e. The molecule has 0 bridgehead atoms. The topological polar surface area (TPSA) is 101 Å². The van der Waals surface area contributed by atoms with Crippen molar-refractivity contribution < 1.29 is 29.3 Å². The van der Waals surface area contributed by atoms with Crippen molar-refractivity contribution >= 4 is 17.5 Å². The van der Waals surface area contributed by atoms with Gasteiger partial charge in [0.25, 0.3) is 0 Å². The first-order valence-corrected chi connectivity index (χ1v) is 26.7. The van der Waals surface area contributed by atoms with Gasteiger partial charge in [-0.3, -0.25) is 14.4 Å². The molecular weight excluding hydrogens is 781 g/mol. The van der Waals surface area contributed by atoms with Crippen LogP contribution in [-0.4, -0.2) is 47.1 Å². The number of hydrogen-bond donors (Lipinski definition) is 2. The van der Waals surface area contributed by atoms with Gasteiger partial charge in [0.05, 0.1) is 6.61 Å². The maximum absolute atomic E-state index is 13.1. The van der Waals surface area contributed by atoms with Gasteiger partial charge in [-0.1, -0.05) is 184 Å². The van der Waals surface area contributed by atoms with E-state index in [0.717, 1.165) is 116 Å². The Labute approximate surface area is 389 Å². The summed E-state index contributed by atoms with van der Waals surface area (Å²) in [6, 6.07) is 0. The fourth-order valence-electron chi connectivity index (χ4n) is 7.78. The number of carbonyl (C=O) groups excluding carboxylic acids is 3. The number of unbranched alkanes of at least 4 members (excludes halogenated alkanes) is 26. The molecule has 0 saturated carbocycles. The highest BCUT2D eigenvalue weighted by atomic mass is 16.5. The lowest BCUT2D eigenvalue weighted by molar-refractivity contribution is -0.155. The summed E-state index contributed by atoms with van der Waals surface area (Å²) in [6.07, 6.45) is 63.2. The molecule has 0 aromatic carbocycles. The molecule has 0 heterocycles. The zero-order valence-electron chi connectivity index (χ0n) is 41.2. The van der Waals surface area contributed by atoms with Crippen molar-refractivity contribution in [3.8, 4) is 0 Å². The SMILES string of the molecule is CCCCCC=CCC=CCCCCCCCC(=O)CCCCCCCCC=CCCCCCCC(C(=O)CCCCCCCC=CCC=CCCCCC)C(=O)OCC(O)CO. The molecule has 0 rings (SSSR count). The molecule has 0 aromatic heterocycles. The highest BCUT2D eigenvalue weighted by Crippen LogP contribution is 2.19. The van der Waals surface area contributed by atoms with Crippen LogP contribution >= 0.6 is 0 Å². The van der Waals surface area contributed by atoms with Crippen molar-refractivity contribution in [3.05, 3.63) is 60.8 Å². The molecule has 63 heavy (non-hydrogen) atoms. The highest BCUT2D eigenvalue weighted by Gasteiger charge is 2.27. The van der Waals surface area contributed by atoms with Crippen LogP contribution in [0.4, 0.5) is 0 Å². The summed E-state index contributed by atoms with van der Waals surface area (Å²) in [6.45, 7) is 3.72. The van der Waals surface area contributed by atoms with Crippen LogP contribution in [0, 0.1) is 5.92 Å². The van der Waals surface area contributed by atoms with Crippen LogP contribution in [0.3, 0.4) is 0 Å².